The molecule has 0 aliphatic carbocycles. The highest BCUT2D eigenvalue weighted by atomic mass is 16.5. The molecule has 0 aromatic carbocycles. The van der Waals surface area contributed by atoms with Crippen molar-refractivity contribution in [1.82, 2.24) is 5.32 Å². The molecule has 92 valence electrons. The van der Waals surface area contributed by atoms with Gasteiger partial charge in [0.25, 0.3) is 0 Å². The largest absolute Gasteiger partial charge is 0.379 e. The van der Waals surface area contributed by atoms with Crippen LogP contribution in [0.1, 0.15) is 40.0 Å². The Morgan fingerprint density at radius 3 is 2.53 bits per heavy atom. The number of hydrogen-bond donors (Lipinski definition) is 1. The molecule has 0 heterocycles. The molecule has 0 aliphatic rings. The van der Waals surface area contributed by atoms with Gasteiger partial charge in [0.1, 0.15) is 0 Å². The summed E-state index contributed by atoms with van der Waals surface area (Å²) in [5, 5.41) is 3.23. The highest BCUT2D eigenvalue weighted by molar-refractivity contribution is 4.56. The molecule has 0 aromatic heterocycles. The van der Waals surface area contributed by atoms with Crippen LogP contribution in [0, 0.1) is 0 Å². The molecule has 0 saturated carbocycles. The molecule has 3 heteroatoms. The summed E-state index contributed by atoms with van der Waals surface area (Å²) in [6.07, 6.45) is 3.82. The Labute approximate surface area is 94.5 Å². The summed E-state index contributed by atoms with van der Waals surface area (Å²) in [5.74, 6) is 0. The van der Waals surface area contributed by atoms with Gasteiger partial charge in [-0.05, 0) is 47.1 Å². The van der Waals surface area contributed by atoms with Crippen molar-refractivity contribution in [3.63, 3.8) is 0 Å². The first-order valence-electron chi connectivity index (χ1n) is 6.07. The normalized spacial score (nSPS) is 15.2. The van der Waals surface area contributed by atoms with E-state index in [1.807, 2.05) is 14.0 Å². The van der Waals surface area contributed by atoms with E-state index in [4.69, 9.17) is 9.47 Å². The second-order valence-corrected chi connectivity index (χ2v) is 4.03. The van der Waals surface area contributed by atoms with Crippen molar-refractivity contribution >= 4 is 0 Å². The van der Waals surface area contributed by atoms with Crippen LogP contribution < -0.4 is 5.32 Å². The summed E-state index contributed by atoms with van der Waals surface area (Å²) in [4.78, 5) is 0. The molecule has 0 aliphatic heterocycles. The van der Waals surface area contributed by atoms with E-state index in [0.29, 0.717) is 12.6 Å². The lowest BCUT2D eigenvalue weighted by Gasteiger charge is -2.13. The van der Waals surface area contributed by atoms with Crippen LogP contribution in [0.2, 0.25) is 0 Å². The highest BCUT2D eigenvalue weighted by Gasteiger charge is 2.02. The minimum Gasteiger partial charge on any atom is -0.379 e. The maximum absolute atomic E-state index is 5.61. The summed E-state index contributed by atoms with van der Waals surface area (Å²) in [6, 6.07) is 0.617. The Morgan fingerprint density at radius 1 is 1.20 bits per heavy atom. The SMILES string of the molecule is CCOCC(C)OCCCCC(C)NC. The van der Waals surface area contributed by atoms with Crippen molar-refractivity contribution in [1.29, 1.82) is 0 Å². The molecular weight excluding hydrogens is 190 g/mol. The van der Waals surface area contributed by atoms with E-state index in [0.717, 1.165) is 19.6 Å². The van der Waals surface area contributed by atoms with Crippen molar-refractivity contribution in [2.45, 2.75) is 52.2 Å². The van der Waals surface area contributed by atoms with Crippen molar-refractivity contribution in [2.75, 3.05) is 26.9 Å². The minimum atomic E-state index is 0.228. The number of hydrogen-bond acceptors (Lipinski definition) is 3. The second-order valence-electron chi connectivity index (χ2n) is 4.03. The fourth-order valence-corrected chi connectivity index (χ4v) is 1.31. The summed E-state index contributed by atoms with van der Waals surface area (Å²) in [7, 11) is 2.01. The maximum Gasteiger partial charge on any atom is 0.0780 e. The molecule has 15 heavy (non-hydrogen) atoms. The third-order valence-electron chi connectivity index (χ3n) is 2.48. The average molecular weight is 217 g/mol. The van der Waals surface area contributed by atoms with E-state index in [1.165, 1.54) is 12.8 Å². The zero-order valence-electron chi connectivity index (χ0n) is 10.7. The maximum atomic E-state index is 5.61. The van der Waals surface area contributed by atoms with Gasteiger partial charge in [0.15, 0.2) is 0 Å². The quantitative estimate of drug-likeness (QED) is 0.569. The molecule has 0 saturated heterocycles. The van der Waals surface area contributed by atoms with Gasteiger partial charge in [-0.25, -0.2) is 0 Å². The zero-order chi connectivity index (χ0) is 11.5. The van der Waals surface area contributed by atoms with Gasteiger partial charge >= 0.3 is 0 Å². The van der Waals surface area contributed by atoms with Gasteiger partial charge in [0.05, 0.1) is 12.7 Å². The van der Waals surface area contributed by atoms with E-state index in [1.54, 1.807) is 0 Å². The van der Waals surface area contributed by atoms with Gasteiger partial charge in [-0.1, -0.05) is 0 Å². The highest BCUT2D eigenvalue weighted by Crippen LogP contribution is 2.02. The molecule has 0 rings (SSSR count). The Bertz CT molecular complexity index is 131. The average Bonchev–Trinajstić information content (AvgIpc) is 2.25. The van der Waals surface area contributed by atoms with Crippen LogP contribution in [-0.4, -0.2) is 39.0 Å². The van der Waals surface area contributed by atoms with Crippen molar-refractivity contribution in [3.8, 4) is 0 Å². The van der Waals surface area contributed by atoms with Crippen LogP contribution in [0.3, 0.4) is 0 Å². The Balaban J connectivity index is 3.16. The summed E-state index contributed by atoms with van der Waals surface area (Å²) in [5.41, 5.74) is 0. The predicted octanol–water partition coefficient (Wildman–Crippen LogP) is 2.21. The lowest BCUT2D eigenvalue weighted by atomic mass is 10.1. The van der Waals surface area contributed by atoms with Crippen molar-refractivity contribution in [2.24, 2.45) is 0 Å². The molecule has 2 unspecified atom stereocenters. The molecule has 1 N–H and O–H groups in total. The van der Waals surface area contributed by atoms with Crippen molar-refractivity contribution in [3.05, 3.63) is 0 Å². The minimum absolute atomic E-state index is 0.228. The molecule has 0 fully saturated rings. The number of ether oxygens (including phenoxy) is 2. The molecule has 0 spiro atoms. The first-order chi connectivity index (χ1) is 7.20. The number of unbranched alkanes of at least 4 members (excludes halogenated alkanes) is 1. The van der Waals surface area contributed by atoms with Gasteiger partial charge in [-0.3, -0.25) is 0 Å². The van der Waals surface area contributed by atoms with E-state index in [2.05, 4.69) is 19.2 Å². The lowest BCUT2D eigenvalue weighted by Crippen LogP contribution is -2.21. The molecule has 0 radical (unpaired) electrons. The third-order valence-corrected chi connectivity index (χ3v) is 2.48. The van der Waals surface area contributed by atoms with Crippen LogP contribution in [0.25, 0.3) is 0 Å². The van der Waals surface area contributed by atoms with E-state index in [9.17, 15) is 0 Å². The molecular formula is C12H27NO2. The fourth-order valence-electron chi connectivity index (χ4n) is 1.31. The molecule has 2 atom stereocenters. The van der Waals surface area contributed by atoms with Gasteiger partial charge < -0.3 is 14.8 Å². The standard InChI is InChI=1S/C12H27NO2/c1-5-14-10-12(3)15-9-7-6-8-11(2)13-4/h11-13H,5-10H2,1-4H3. The van der Waals surface area contributed by atoms with Crippen LogP contribution in [-0.2, 0) is 9.47 Å². The van der Waals surface area contributed by atoms with E-state index >= 15 is 0 Å². The predicted molar refractivity (Wildman–Crippen MR) is 64.3 cm³/mol. The summed E-state index contributed by atoms with van der Waals surface area (Å²) < 4.78 is 10.9. The van der Waals surface area contributed by atoms with Gasteiger partial charge in [0.2, 0.25) is 0 Å². The summed E-state index contributed by atoms with van der Waals surface area (Å²) >= 11 is 0. The first kappa shape index (κ1) is 14.9. The van der Waals surface area contributed by atoms with Crippen LogP contribution in [0.4, 0.5) is 0 Å². The number of rotatable bonds is 10. The molecule has 0 amide bonds. The molecule has 0 bridgehead atoms. The molecule has 3 nitrogen and oxygen atoms in total. The Kier molecular flexibility index (Phi) is 10.3. The Hall–Kier alpha value is -0.120. The zero-order valence-corrected chi connectivity index (χ0v) is 10.7. The summed E-state index contributed by atoms with van der Waals surface area (Å²) in [6.45, 7) is 8.61. The fraction of sp³-hybridized carbons (Fsp3) is 1.00. The van der Waals surface area contributed by atoms with Crippen molar-refractivity contribution < 1.29 is 9.47 Å². The van der Waals surface area contributed by atoms with Gasteiger partial charge in [0, 0.05) is 19.3 Å². The number of nitrogens with one attached hydrogen (secondary N) is 1. The van der Waals surface area contributed by atoms with Crippen LogP contribution >= 0.6 is 0 Å². The lowest BCUT2D eigenvalue weighted by molar-refractivity contribution is -0.00465. The van der Waals surface area contributed by atoms with Gasteiger partial charge in [-0.2, -0.15) is 0 Å². The van der Waals surface area contributed by atoms with E-state index in [-0.39, 0.29) is 6.10 Å². The second kappa shape index (κ2) is 10.4. The smallest absolute Gasteiger partial charge is 0.0780 e. The first-order valence-corrected chi connectivity index (χ1v) is 6.07. The van der Waals surface area contributed by atoms with E-state index < -0.39 is 0 Å². The third kappa shape index (κ3) is 10.2. The Morgan fingerprint density at radius 2 is 1.93 bits per heavy atom. The van der Waals surface area contributed by atoms with Gasteiger partial charge in [-0.15, -0.1) is 0 Å². The monoisotopic (exact) mass is 217 g/mol. The molecule has 0 aromatic rings. The topological polar surface area (TPSA) is 30.5 Å². The van der Waals surface area contributed by atoms with Crippen LogP contribution in [0.5, 0.6) is 0 Å². The van der Waals surface area contributed by atoms with Crippen LogP contribution in [0.15, 0.2) is 0 Å².